The van der Waals surface area contributed by atoms with Gasteiger partial charge in [-0.15, -0.1) is 11.3 Å². The van der Waals surface area contributed by atoms with Gasteiger partial charge in [-0.1, -0.05) is 0 Å². The molecule has 0 radical (unpaired) electrons. The van der Waals surface area contributed by atoms with Crippen LogP contribution in [-0.2, 0) is 6.42 Å². The quantitative estimate of drug-likeness (QED) is 0.638. The molecule has 3 aromatic rings. The van der Waals surface area contributed by atoms with Crippen LogP contribution in [-0.4, -0.2) is 18.4 Å². The highest BCUT2D eigenvalue weighted by Crippen LogP contribution is 2.32. The van der Waals surface area contributed by atoms with E-state index in [4.69, 9.17) is 0 Å². The first-order valence-corrected chi connectivity index (χ1v) is 10.2. The minimum atomic E-state index is -0.802. The van der Waals surface area contributed by atoms with Crippen molar-refractivity contribution in [2.24, 2.45) is 0 Å². The Morgan fingerprint density at radius 3 is 2.59 bits per heavy atom. The van der Waals surface area contributed by atoms with Crippen LogP contribution in [0, 0.1) is 11.6 Å². The molecule has 0 saturated heterocycles. The third-order valence-corrected chi connectivity index (χ3v) is 5.83. The van der Waals surface area contributed by atoms with E-state index in [1.165, 1.54) is 4.88 Å². The normalized spacial score (nSPS) is 13.5. The smallest absolute Gasteiger partial charge is 0.258 e. The van der Waals surface area contributed by atoms with Crippen molar-refractivity contribution in [3.63, 3.8) is 0 Å². The number of amides is 2. The van der Waals surface area contributed by atoms with Crippen LogP contribution in [0.5, 0.6) is 0 Å². The SMILES string of the molecule is O=C(Nc1ccc(C(=O)N2CCCCc3sccc32)cc1)c1cc(F)ccc1F. The summed E-state index contributed by atoms with van der Waals surface area (Å²) in [5, 5.41) is 4.53. The van der Waals surface area contributed by atoms with Gasteiger partial charge < -0.3 is 10.2 Å². The second-order valence-corrected chi connectivity index (χ2v) is 7.80. The molecule has 2 amide bonds. The highest BCUT2D eigenvalue weighted by molar-refractivity contribution is 7.10. The standard InChI is InChI=1S/C22H18F2N2O2S/c23-15-6-9-18(24)17(13-15)21(27)25-16-7-4-14(5-8-16)22(28)26-11-2-1-3-20-19(26)10-12-29-20/h4-10,12-13H,1-3,11H2,(H,25,27). The first-order valence-electron chi connectivity index (χ1n) is 9.27. The second-order valence-electron chi connectivity index (χ2n) is 6.80. The number of fused-ring (bicyclic) bond motifs is 1. The molecule has 0 fully saturated rings. The molecule has 4 nitrogen and oxygen atoms in total. The van der Waals surface area contributed by atoms with E-state index >= 15 is 0 Å². The average Bonchev–Trinajstić information content (AvgIpc) is 3.09. The number of nitrogens with one attached hydrogen (secondary N) is 1. The lowest BCUT2D eigenvalue weighted by molar-refractivity contribution is 0.0985. The highest BCUT2D eigenvalue weighted by Gasteiger charge is 2.23. The summed E-state index contributed by atoms with van der Waals surface area (Å²) < 4.78 is 27.0. The maximum Gasteiger partial charge on any atom is 0.258 e. The Balaban J connectivity index is 1.50. The number of hydrogen-bond acceptors (Lipinski definition) is 3. The minimum Gasteiger partial charge on any atom is -0.322 e. The van der Waals surface area contributed by atoms with Crippen LogP contribution in [0.3, 0.4) is 0 Å². The van der Waals surface area contributed by atoms with Crippen LogP contribution in [0.4, 0.5) is 20.2 Å². The summed E-state index contributed by atoms with van der Waals surface area (Å²) >= 11 is 1.67. The van der Waals surface area contributed by atoms with Gasteiger partial charge in [0.25, 0.3) is 11.8 Å². The van der Waals surface area contributed by atoms with Crippen molar-refractivity contribution in [2.75, 3.05) is 16.8 Å². The first-order chi connectivity index (χ1) is 14.0. The molecule has 0 aliphatic carbocycles. The molecule has 1 N–H and O–H groups in total. The van der Waals surface area contributed by atoms with Crippen molar-refractivity contribution in [3.8, 4) is 0 Å². The summed E-state index contributed by atoms with van der Waals surface area (Å²) in [6, 6.07) is 11.1. The Morgan fingerprint density at radius 2 is 1.79 bits per heavy atom. The number of halogens is 2. The zero-order valence-corrected chi connectivity index (χ0v) is 16.3. The van der Waals surface area contributed by atoms with E-state index in [0.29, 0.717) is 17.8 Å². The first kappa shape index (κ1) is 19.3. The Morgan fingerprint density at radius 1 is 1.00 bits per heavy atom. The molecule has 7 heteroatoms. The lowest BCUT2D eigenvalue weighted by Crippen LogP contribution is -2.31. The van der Waals surface area contributed by atoms with Crippen LogP contribution in [0.2, 0.25) is 0 Å². The van der Waals surface area contributed by atoms with Crippen molar-refractivity contribution < 1.29 is 18.4 Å². The summed E-state index contributed by atoms with van der Waals surface area (Å²) in [6.07, 6.45) is 2.98. The average molecular weight is 412 g/mol. The van der Waals surface area contributed by atoms with Gasteiger partial charge in [0.05, 0.1) is 11.3 Å². The second kappa shape index (κ2) is 8.13. The molecule has 1 aliphatic rings. The number of thiophene rings is 1. The van der Waals surface area contributed by atoms with Crippen molar-refractivity contribution in [3.05, 3.63) is 81.5 Å². The van der Waals surface area contributed by atoms with Crippen molar-refractivity contribution >= 4 is 34.5 Å². The molecule has 0 bridgehead atoms. The molecule has 0 spiro atoms. The molecular weight excluding hydrogens is 394 g/mol. The zero-order chi connectivity index (χ0) is 20.4. The zero-order valence-electron chi connectivity index (χ0n) is 15.5. The minimum absolute atomic E-state index is 0.0967. The van der Waals surface area contributed by atoms with Gasteiger partial charge in [0.2, 0.25) is 0 Å². The Kier molecular flexibility index (Phi) is 5.40. The van der Waals surface area contributed by atoms with Gasteiger partial charge in [0.1, 0.15) is 11.6 Å². The van der Waals surface area contributed by atoms with Crippen LogP contribution in [0.1, 0.15) is 38.4 Å². The van der Waals surface area contributed by atoms with Crippen LogP contribution < -0.4 is 10.2 Å². The lowest BCUT2D eigenvalue weighted by atomic mass is 10.1. The van der Waals surface area contributed by atoms with Gasteiger partial charge in [-0.25, -0.2) is 8.78 Å². The molecule has 29 heavy (non-hydrogen) atoms. The molecule has 0 atom stereocenters. The fourth-order valence-corrected chi connectivity index (χ4v) is 4.29. The topological polar surface area (TPSA) is 49.4 Å². The number of anilines is 2. The fraction of sp³-hybridized carbons (Fsp3) is 0.182. The van der Waals surface area contributed by atoms with Gasteiger partial charge in [0.15, 0.2) is 0 Å². The monoisotopic (exact) mass is 412 g/mol. The predicted octanol–water partition coefficient (Wildman–Crippen LogP) is 5.26. The third-order valence-electron chi connectivity index (χ3n) is 4.86. The summed E-state index contributed by atoms with van der Waals surface area (Å²) in [4.78, 5) is 28.2. The predicted molar refractivity (Wildman–Crippen MR) is 110 cm³/mol. The van der Waals surface area contributed by atoms with Gasteiger partial charge in [-0.05, 0) is 73.2 Å². The van der Waals surface area contributed by atoms with Gasteiger partial charge in [0, 0.05) is 22.7 Å². The number of aryl methyl sites for hydroxylation is 1. The molecule has 0 unspecified atom stereocenters. The van der Waals surface area contributed by atoms with Crippen LogP contribution in [0.15, 0.2) is 53.9 Å². The number of carbonyl (C=O) groups is 2. The van der Waals surface area contributed by atoms with Crippen molar-refractivity contribution in [1.82, 2.24) is 0 Å². The largest absolute Gasteiger partial charge is 0.322 e. The van der Waals surface area contributed by atoms with Gasteiger partial charge in [-0.2, -0.15) is 0 Å². The van der Waals surface area contributed by atoms with Crippen molar-refractivity contribution in [2.45, 2.75) is 19.3 Å². The molecule has 148 valence electrons. The van der Waals surface area contributed by atoms with E-state index in [0.717, 1.165) is 43.1 Å². The van der Waals surface area contributed by atoms with E-state index < -0.39 is 17.5 Å². The van der Waals surface area contributed by atoms with Crippen molar-refractivity contribution in [1.29, 1.82) is 0 Å². The van der Waals surface area contributed by atoms with Crippen LogP contribution >= 0.6 is 11.3 Å². The van der Waals surface area contributed by atoms with E-state index in [9.17, 15) is 18.4 Å². The summed E-state index contributed by atoms with van der Waals surface area (Å²) in [5.74, 6) is -2.34. The highest BCUT2D eigenvalue weighted by atomic mass is 32.1. The number of hydrogen-bond donors (Lipinski definition) is 1. The Labute approximate surface area is 170 Å². The van der Waals surface area contributed by atoms with E-state index in [-0.39, 0.29) is 11.5 Å². The lowest BCUT2D eigenvalue weighted by Gasteiger charge is -2.21. The number of nitrogens with zero attached hydrogens (tertiary/aromatic N) is 1. The van der Waals surface area contributed by atoms with Gasteiger partial charge in [-0.3, -0.25) is 9.59 Å². The molecule has 2 aromatic carbocycles. The Hall–Kier alpha value is -3.06. The molecule has 2 heterocycles. The molecule has 1 aliphatic heterocycles. The Bertz CT molecular complexity index is 1060. The van der Waals surface area contributed by atoms with E-state index in [1.54, 1.807) is 40.5 Å². The molecular formula is C22H18F2N2O2S. The van der Waals surface area contributed by atoms with E-state index in [1.807, 2.05) is 11.4 Å². The third kappa shape index (κ3) is 4.05. The summed E-state index contributed by atoms with van der Waals surface area (Å²) in [6.45, 7) is 0.667. The maximum absolute atomic E-state index is 13.7. The number of benzene rings is 2. The molecule has 4 rings (SSSR count). The van der Waals surface area contributed by atoms with E-state index in [2.05, 4.69) is 5.32 Å². The summed E-state index contributed by atoms with van der Waals surface area (Å²) in [5.41, 5.74) is 1.48. The fourth-order valence-electron chi connectivity index (χ4n) is 3.37. The number of rotatable bonds is 3. The molecule has 0 saturated carbocycles. The molecule has 1 aromatic heterocycles. The van der Waals surface area contributed by atoms with Crippen LogP contribution in [0.25, 0.3) is 0 Å². The number of carbonyl (C=O) groups excluding carboxylic acids is 2. The maximum atomic E-state index is 13.7. The summed E-state index contributed by atoms with van der Waals surface area (Å²) in [7, 11) is 0. The van der Waals surface area contributed by atoms with Gasteiger partial charge >= 0.3 is 0 Å².